The van der Waals surface area contributed by atoms with Crippen molar-refractivity contribution in [2.24, 2.45) is 0 Å². The van der Waals surface area contributed by atoms with Crippen molar-refractivity contribution in [1.29, 1.82) is 0 Å². The van der Waals surface area contributed by atoms with Gasteiger partial charge < -0.3 is 29.1 Å². The van der Waals surface area contributed by atoms with Crippen LogP contribution in [-0.4, -0.2) is 74.7 Å². The molecule has 14 nitrogen and oxygen atoms in total. The molecule has 1 N–H and O–H groups in total. The van der Waals surface area contributed by atoms with Crippen molar-refractivity contribution in [3.05, 3.63) is 248 Å². The van der Waals surface area contributed by atoms with Crippen molar-refractivity contribution >= 4 is 11.8 Å². The van der Waals surface area contributed by atoms with E-state index in [4.69, 9.17) is 14.2 Å². The Morgan fingerprint density at radius 2 is 1.03 bits per heavy atom. The van der Waals surface area contributed by atoms with Gasteiger partial charge in [-0.25, -0.2) is 8.78 Å². The average molecular weight is 1010 g/mol. The summed E-state index contributed by atoms with van der Waals surface area (Å²) in [6.07, 6.45) is 11.8. The molecule has 16 heteroatoms. The van der Waals surface area contributed by atoms with Crippen molar-refractivity contribution in [3.8, 4) is 23.0 Å². The SMILES string of the molecule is CC[C@H]1/C=C/COc2cc(F)ccc2[C@@H](c2ccccc2)N2CN1C(=O)c1c(O)c(=O)ccn12.CC[C@H]1/C=C/COc2cc(F)ccc2[C@@H](c2ccccc2)N2CN1C(=O)c1c(OCc3ccccc3)c(=O)ccn12. The Hall–Kier alpha value is -8.92. The minimum atomic E-state index is -0.628. The van der Waals surface area contributed by atoms with E-state index in [-0.39, 0.29) is 73.7 Å². The number of nitrogens with zero attached hydrogens (tertiary/aromatic N) is 6. The van der Waals surface area contributed by atoms with E-state index in [0.29, 0.717) is 29.9 Å². The minimum absolute atomic E-state index is 0.00727. The fourth-order valence-electron chi connectivity index (χ4n) is 10.1. The standard InChI is InChI=1S/C33H30FN3O4.C26H24FN3O4/c1-2-26-14-9-19-40-29-20-25(34)15-16-27(29)30(24-12-7-4-8-13-24)37-22-35(26)33(39)31-32(28(38)17-18-36(31)37)41-21-23-10-5-3-6-11-23;1-2-19-9-6-14-34-22-15-18(27)10-11-20(22)23(17-7-4-3-5-8-17)30-16-28(19)26(33)24-25(32)21(31)12-13-29(24)30/h3-18,20,26,30H,2,19,21-22H2,1H3;3-13,15,19,23,32H,2,14,16H2,1H3/b14-9+;9-6+/t26-,30+;19-,23+/m00/s1. The predicted octanol–water partition coefficient (Wildman–Crippen LogP) is 9.00. The van der Waals surface area contributed by atoms with Crippen LogP contribution in [0, 0.1) is 11.6 Å². The molecule has 4 atom stereocenters. The van der Waals surface area contributed by atoms with Gasteiger partial charge in [0.1, 0.15) is 68.4 Å². The zero-order chi connectivity index (χ0) is 52.2. The van der Waals surface area contributed by atoms with Crippen molar-refractivity contribution < 1.29 is 37.7 Å². The molecular weight excluding hydrogens is 959 g/mol. The number of carbonyl (C=O) groups is 2. The summed E-state index contributed by atoms with van der Waals surface area (Å²) in [7, 11) is 0. The summed E-state index contributed by atoms with van der Waals surface area (Å²) in [4.78, 5) is 56.7. The zero-order valence-electron chi connectivity index (χ0n) is 41.2. The van der Waals surface area contributed by atoms with E-state index in [1.54, 1.807) is 38.9 Å². The van der Waals surface area contributed by atoms with Crippen LogP contribution >= 0.6 is 0 Å². The van der Waals surface area contributed by atoms with Crippen LogP contribution < -0.4 is 35.1 Å². The maximum atomic E-state index is 14.5. The molecule has 0 saturated heterocycles. The fourth-order valence-corrected chi connectivity index (χ4v) is 10.1. The maximum Gasteiger partial charge on any atom is 0.278 e. The molecule has 4 aliphatic rings. The summed E-state index contributed by atoms with van der Waals surface area (Å²) in [5.41, 5.74) is 3.12. The van der Waals surface area contributed by atoms with E-state index in [1.807, 2.05) is 133 Å². The lowest BCUT2D eigenvalue weighted by atomic mass is 9.96. The molecule has 4 aliphatic heterocycles. The number of aromatic nitrogens is 2. The van der Waals surface area contributed by atoms with Crippen LogP contribution in [-0.2, 0) is 6.61 Å². The third kappa shape index (κ3) is 9.86. The average Bonchev–Trinajstić information content (AvgIpc) is 3.47. The second-order valence-corrected chi connectivity index (χ2v) is 18.3. The molecule has 7 aromatic rings. The van der Waals surface area contributed by atoms with Gasteiger partial charge in [-0.15, -0.1) is 0 Å². The van der Waals surface area contributed by atoms with Gasteiger partial charge in [0.05, 0.1) is 12.1 Å². The van der Waals surface area contributed by atoms with E-state index >= 15 is 0 Å². The van der Waals surface area contributed by atoms with Gasteiger partial charge in [-0.05, 0) is 65.9 Å². The highest BCUT2D eigenvalue weighted by molar-refractivity contribution is 5.97. The highest BCUT2D eigenvalue weighted by Gasteiger charge is 2.42. The van der Waals surface area contributed by atoms with Gasteiger partial charge in [0.2, 0.25) is 10.9 Å². The quantitative estimate of drug-likeness (QED) is 0.154. The molecule has 0 radical (unpaired) electrons. The lowest BCUT2D eigenvalue weighted by molar-refractivity contribution is 0.0617. The van der Waals surface area contributed by atoms with Gasteiger partial charge in [0, 0.05) is 47.8 Å². The summed E-state index contributed by atoms with van der Waals surface area (Å²) >= 11 is 0. The molecule has 75 heavy (non-hydrogen) atoms. The fraction of sp³-hybridized carbons (Fsp3) is 0.220. The van der Waals surface area contributed by atoms with Crippen molar-refractivity contribution in [1.82, 2.24) is 19.2 Å². The van der Waals surface area contributed by atoms with Crippen molar-refractivity contribution in [2.75, 3.05) is 36.6 Å². The number of benzene rings is 5. The molecule has 6 heterocycles. The summed E-state index contributed by atoms with van der Waals surface area (Å²) in [6, 6.07) is 38.9. The van der Waals surface area contributed by atoms with Crippen LogP contribution in [0.1, 0.15) is 87.6 Å². The summed E-state index contributed by atoms with van der Waals surface area (Å²) in [5, 5.41) is 14.5. The number of pyridine rings is 2. The molecule has 2 aromatic heterocycles. The molecule has 11 rings (SSSR count). The highest BCUT2D eigenvalue weighted by atomic mass is 19.1. The Bertz CT molecular complexity index is 3410. The Labute approximate surface area is 431 Å². The Morgan fingerprint density at radius 1 is 0.573 bits per heavy atom. The predicted molar refractivity (Wildman–Crippen MR) is 279 cm³/mol. The number of amides is 2. The number of aromatic hydroxyl groups is 1. The van der Waals surface area contributed by atoms with Gasteiger partial charge in [0.25, 0.3) is 11.8 Å². The van der Waals surface area contributed by atoms with Crippen LogP contribution in [0.4, 0.5) is 8.78 Å². The molecule has 0 saturated carbocycles. The summed E-state index contributed by atoms with van der Waals surface area (Å²) in [6.45, 7) is 4.90. The van der Waals surface area contributed by atoms with Gasteiger partial charge in [0.15, 0.2) is 22.9 Å². The van der Waals surface area contributed by atoms with Crippen LogP contribution in [0.3, 0.4) is 0 Å². The molecule has 0 aliphatic carbocycles. The van der Waals surface area contributed by atoms with Crippen molar-refractivity contribution in [3.63, 3.8) is 0 Å². The van der Waals surface area contributed by atoms with E-state index in [0.717, 1.165) is 22.3 Å². The molecule has 0 spiro atoms. The first-order valence-electron chi connectivity index (χ1n) is 24.8. The summed E-state index contributed by atoms with van der Waals surface area (Å²) < 4.78 is 50.1. The lowest BCUT2D eigenvalue weighted by Gasteiger charge is -2.46. The van der Waals surface area contributed by atoms with Crippen LogP contribution in [0.15, 0.2) is 186 Å². The van der Waals surface area contributed by atoms with Gasteiger partial charge in [-0.3, -0.25) is 38.5 Å². The Balaban J connectivity index is 0.000000174. The number of hydrogen-bond acceptors (Lipinski definition) is 10. The maximum absolute atomic E-state index is 14.5. The first kappa shape index (κ1) is 49.6. The zero-order valence-corrected chi connectivity index (χ0v) is 41.2. The first-order valence-corrected chi connectivity index (χ1v) is 24.8. The number of fused-ring (bicyclic) bond motifs is 10. The van der Waals surface area contributed by atoms with Crippen LogP contribution in [0.5, 0.6) is 23.0 Å². The van der Waals surface area contributed by atoms with E-state index in [1.165, 1.54) is 47.3 Å². The molecule has 2 amide bonds. The van der Waals surface area contributed by atoms with Crippen LogP contribution in [0.2, 0.25) is 0 Å². The molecule has 382 valence electrons. The normalized spacial score (nSPS) is 19.7. The largest absolute Gasteiger partial charge is 0.502 e. The Kier molecular flexibility index (Phi) is 14.3. The van der Waals surface area contributed by atoms with E-state index in [2.05, 4.69) is 0 Å². The highest BCUT2D eigenvalue weighted by Crippen LogP contribution is 2.40. The Morgan fingerprint density at radius 3 is 1.52 bits per heavy atom. The van der Waals surface area contributed by atoms with Gasteiger partial charge in [-0.2, -0.15) is 0 Å². The smallest absolute Gasteiger partial charge is 0.278 e. The minimum Gasteiger partial charge on any atom is -0.502 e. The van der Waals surface area contributed by atoms with Gasteiger partial charge >= 0.3 is 0 Å². The number of ether oxygens (including phenoxy) is 3. The topological polar surface area (TPSA) is 139 Å². The van der Waals surface area contributed by atoms with Gasteiger partial charge in [-0.1, -0.05) is 117 Å². The monoisotopic (exact) mass is 1010 g/mol. The molecule has 4 bridgehead atoms. The second kappa shape index (κ2) is 21.7. The van der Waals surface area contributed by atoms with E-state index in [9.17, 15) is 33.1 Å². The number of carbonyl (C=O) groups excluding carboxylic acids is 2. The summed E-state index contributed by atoms with van der Waals surface area (Å²) in [5.74, 6) is -1.39. The molecular formula is C59H54F2N6O8. The number of halogens is 2. The number of hydrogen-bond donors (Lipinski definition) is 1. The third-order valence-corrected chi connectivity index (χ3v) is 13.8. The number of rotatable bonds is 7. The third-order valence-electron chi connectivity index (χ3n) is 13.8. The first-order chi connectivity index (χ1) is 36.5. The second-order valence-electron chi connectivity index (χ2n) is 18.3. The molecule has 5 aromatic carbocycles. The molecule has 0 fully saturated rings. The lowest BCUT2D eigenvalue weighted by Crippen LogP contribution is -2.58. The van der Waals surface area contributed by atoms with Crippen molar-refractivity contribution in [2.45, 2.75) is 57.5 Å². The van der Waals surface area contributed by atoms with Crippen LogP contribution in [0.25, 0.3) is 0 Å². The molecule has 0 unspecified atom stereocenters. The van der Waals surface area contributed by atoms with E-state index < -0.39 is 40.8 Å².